The fourth-order valence-corrected chi connectivity index (χ4v) is 20.7. The second-order valence-corrected chi connectivity index (χ2v) is 32.6. The summed E-state index contributed by atoms with van der Waals surface area (Å²) in [6, 6.07) is 48.1. The summed E-state index contributed by atoms with van der Waals surface area (Å²) in [6.45, 7) is 17.6. The summed E-state index contributed by atoms with van der Waals surface area (Å²) >= 11 is 0. The Bertz CT molecular complexity index is 3690. The van der Waals surface area contributed by atoms with Gasteiger partial charge in [0.1, 0.15) is 82.6 Å². The van der Waals surface area contributed by atoms with Gasteiger partial charge in [-0.05, 0) is 124 Å². The van der Waals surface area contributed by atoms with Crippen LogP contribution in [-0.2, 0) is 89.6 Å². The maximum atomic E-state index is 12.1. The van der Waals surface area contributed by atoms with Crippen LogP contribution in [0.15, 0.2) is 201 Å². The number of halogens is 4. The number of rotatable bonds is 20. The van der Waals surface area contributed by atoms with Crippen LogP contribution >= 0.6 is 0 Å². The molecule has 10 atom stereocenters. The van der Waals surface area contributed by atoms with Crippen molar-refractivity contribution >= 4 is 74.7 Å². The van der Waals surface area contributed by atoms with Crippen molar-refractivity contribution < 1.29 is 136 Å². The second kappa shape index (κ2) is 36.4. The first-order valence-electron chi connectivity index (χ1n) is 29.7. The van der Waals surface area contributed by atoms with Crippen molar-refractivity contribution in [2.45, 2.75) is 118 Å². The van der Waals surface area contributed by atoms with Gasteiger partial charge in [-0.15, -0.1) is 8.78 Å². The minimum absolute atomic E-state index is 0. The van der Waals surface area contributed by atoms with Gasteiger partial charge in [0.15, 0.2) is 41.4 Å². The summed E-state index contributed by atoms with van der Waals surface area (Å²) in [6.07, 6.45) is -1.47. The van der Waals surface area contributed by atoms with E-state index in [9.17, 15) is 44.0 Å². The maximum absolute atomic E-state index is 12.1. The molecule has 520 valence electrons. The minimum Gasteiger partial charge on any atom is -0.746 e. The molecule has 2 heterocycles. The molecule has 0 N–H and O–H groups in total. The number of alkyl halides is 2. The summed E-state index contributed by atoms with van der Waals surface area (Å²) in [7, 11) is -16.5. The van der Waals surface area contributed by atoms with E-state index in [2.05, 4.69) is 196 Å². The van der Waals surface area contributed by atoms with E-state index >= 15 is 0 Å². The molecule has 12 rings (SSSR count). The van der Waals surface area contributed by atoms with Crippen LogP contribution in [0.4, 0.5) is 27.2 Å². The molecule has 6 aliphatic rings. The van der Waals surface area contributed by atoms with Crippen molar-refractivity contribution in [2.75, 3.05) is 38.4 Å². The van der Waals surface area contributed by atoms with Crippen LogP contribution < -0.4 is 39.0 Å². The molecule has 0 aromatic heterocycles. The Morgan fingerprint density at radius 2 is 0.773 bits per heavy atom. The molecule has 31 heteroatoms. The van der Waals surface area contributed by atoms with Gasteiger partial charge in [0.05, 0.1) is 44.8 Å². The Balaban J connectivity index is 0.000000197. The summed E-state index contributed by atoms with van der Waals surface area (Å²) in [5.74, 6) is 1.50. The third-order valence-electron chi connectivity index (χ3n) is 15.9. The van der Waals surface area contributed by atoms with Crippen molar-refractivity contribution in [3.8, 4) is 11.5 Å². The van der Waals surface area contributed by atoms with Gasteiger partial charge in [-0.3, -0.25) is 8.37 Å². The third-order valence-corrected chi connectivity index (χ3v) is 24.4. The van der Waals surface area contributed by atoms with Gasteiger partial charge in [0.25, 0.3) is 20.2 Å². The van der Waals surface area contributed by atoms with E-state index in [0.717, 1.165) is 33.8 Å². The molecule has 6 fully saturated rings. The van der Waals surface area contributed by atoms with Gasteiger partial charge >= 0.3 is 42.0 Å². The normalized spacial score (nSPS) is 22.7. The SMILES string of the molecule is C=COCCOc1c(C)cc([S+](c2ccccc2)c2ccccc2)cc1C.C=COCCOc1c(C)cc([S+](c2ccccc2)c2ccccc2)cc1C.O=C(F)OC1C2CC3C1OS(=O)(=O)C3C2.O=C(F)OC1C2CC3C1OS(=O)(=O)C3C2.O=S(=O)([O-])CF.O=S(=O)([O-])CF.[Na+]. The molecule has 2 aliphatic heterocycles. The van der Waals surface area contributed by atoms with Crippen LogP contribution in [-0.4, -0.2) is 129 Å². The molecule has 6 aromatic rings. The van der Waals surface area contributed by atoms with E-state index < -0.39 is 99.8 Å². The quantitative estimate of drug-likeness (QED) is 0.0101. The molecule has 20 nitrogen and oxygen atoms in total. The molecule has 10 unspecified atom stereocenters. The molecule has 97 heavy (non-hydrogen) atoms. The molecule has 2 saturated heterocycles. The number of ether oxygens (including phenoxy) is 6. The Hall–Kier alpha value is -6.00. The van der Waals surface area contributed by atoms with Crippen LogP contribution in [0.25, 0.3) is 0 Å². The van der Waals surface area contributed by atoms with Gasteiger partial charge in [0.2, 0.25) is 0 Å². The molecular weight excluding hydrogens is 1400 g/mol. The van der Waals surface area contributed by atoms with E-state index in [1.807, 2.05) is 0 Å². The monoisotopic (exact) mass is 1480 g/mol. The van der Waals surface area contributed by atoms with Crippen molar-refractivity contribution in [3.63, 3.8) is 0 Å². The van der Waals surface area contributed by atoms with E-state index in [1.54, 1.807) is 0 Å². The molecule has 0 amide bonds. The van der Waals surface area contributed by atoms with Crippen molar-refractivity contribution in [3.05, 3.63) is 194 Å². The fraction of sp³-hybridized carbons (Fsp3) is 0.364. The molecule has 4 bridgehead atoms. The van der Waals surface area contributed by atoms with Crippen molar-refractivity contribution in [1.29, 1.82) is 0 Å². The number of hydrogen-bond acceptors (Lipinski definition) is 20. The van der Waals surface area contributed by atoms with E-state index in [1.165, 1.54) is 41.9 Å². The summed E-state index contributed by atoms with van der Waals surface area (Å²) in [5, 5.41) is -0.941. The standard InChI is InChI=1S/2C24H25O2S.2C8H9FO5S.2CH3FO3S.Na/c2*1-4-25-15-16-26-24-19(2)17-23(18-20(24)3)27(21-11-7-5-8-12-21)22-13-9-6-10-14-22;2*9-8(10)13-6-3-1-4-5(2-3)15(11,12)14-7(4)6;2*2-1-6(3,4)5;/h2*4-14,17-18H,1,15-16H2,2-3H3;2*3-7H,1-2H2;2*1H2,(H,3,4,5);/q2*+1;;;;;+1/p-2. The molecule has 4 saturated carbocycles. The first kappa shape index (κ1) is 80.0. The third kappa shape index (κ3) is 22.0. The van der Waals surface area contributed by atoms with Crippen LogP contribution in [0.1, 0.15) is 47.9 Å². The number of carbonyl (C=O) groups excluding carboxylic acids is 2. The van der Waals surface area contributed by atoms with Gasteiger partial charge in [0, 0.05) is 47.9 Å². The van der Waals surface area contributed by atoms with E-state index in [-0.39, 0.29) is 75.0 Å². The van der Waals surface area contributed by atoms with Crippen molar-refractivity contribution in [2.24, 2.45) is 23.7 Å². The van der Waals surface area contributed by atoms with Crippen LogP contribution in [0.2, 0.25) is 0 Å². The van der Waals surface area contributed by atoms with Crippen LogP contribution in [0, 0.1) is 51.4 Å². The van der Waals surface area contributed by atoms with Crippen molar-refractivity contribution in [1.82, 2.24) is 0 Å². The summed E-state index contributed by atoms with van der Waals surface area (Å²) < 4.78 is 187. The van der Waals surface area contributed by atoms with E-state index in [0.29, 0.717) is 52.1 Å². The zero-order valence-corrected chi connectivity index (χ0v) is 60.3. The average Bonchev–Trinajstić information content (AvgIpc) is 1.57. The first-order chi connectivity index (χ1) is 45.5. The molecule has 6 aromatic carbocycles. The zero-order chi connectivity index (χ0) is 70.1. The smallest absolute Gasteiger partial charge is 0.746 e. The zero-order valence-electron chi connectivity index (χ0n) is 53.4. The summed E-state index contributed by atoms with van der Waals surface area (Å²) in [5.41, 5.74) is 4.59. The van der Waals surface area contributed by atoms with Crippen LogP contribution in [0.5, 0.6) is 11.5 Å². The number of carbonyl (C=O) groups is 2. The summed E-state index contributed by atoms with van der Waals surface area (Å²) in [4.78, 5) is 28.3. The number of hydrogen-bond donors (Lipinski definition) is 0. The van der Waals surface area contributed by atoms with Gasteiger partial charge in [-0.25, -0.2) is 35.2 Å². The van der Waals surface area contributed by atoms with Gasteiger partial charge < -0.3 is 37.5 Å². The Morgan fingerprint density at radius 1 is 0.505 bits per heavy atom. The maximum Gasteiger partial charge on any atom is 1.00 e. The molecule has 4 aliphatic carbocycles. The van der Waals surface area contributed by atoms with Gasteiger partial charge in [-0.1, -0.05) is 86.0 Å². The Labute approximate surface area is 591 Å². The average molecular weight is 1480 g/mol. The topological polar surface area (TPSA) is 291 Å². The number of aryl methyl sites for hydroxylation is 4. The molecule has 0 radical (unpaired) electrons. The Kier molecular flexibility index (Phi) is 30.0. The second-order valence-electron chi connectivity index (χ2n) is 22.4. The number of benzene rings is 6. The predicted octanol–water partition coefficient (Wildman–Crippen LogP) is 8.99. The minimum atomic E-state index is -4.58. The van der Waals surface area contributed by atoms with Crippen LogP contribution in [0.3, 0.4) is 0 Å². The predicted molar refractivity (Wildman–Crippen MR) is 347 cm³/mol. The Morgan fingerprint density at radius 3 is 1.01 bits per heavy atom. The molecular formula is C66H72F4NaO20S6+. The number of fused-ring (bicyclic) bond motifs is 2. The fourth-order valence-electron chi connectivity index (χ4n) is 12.4. The van der Waals surface area contributed by atoms with E-state index in [4.69, 9.17) is 53.3 Å². The first-order valence-corrected chi connectivity index (χ1v) is 38.2. The van der Waals surface area contributed by atoms with Gasteiger partial charge in [-0.2, -0.15) is 16.8 Å². The largest absolute Gasteiger partial charge is 1.00 e. The molecule has 0 spiro atoms.